The molecule has 0 saturated heterocycles. The minimum atomic E-state index is -0.106. The fourth-order valence-electron chi connectivity index (χ4n) is 4.02. The molecule has 32 heavy (non-hydrogen) atoms. The van der Waals surface area contributed by atoms with Crippen molar-refractivity contribution in [2.24, 2.45) is 0 Å². The molecule has 0 atom stereocenters. The van der Waals surface area contributed by atoms with E-state index in [-0.39, 0.29) is 18.1 Å². The summed E-state index contributed by atoms with van der Waals surface area (Å²) in [4.78, 5) is 34.7. The van der Waals surface area contributed by atoms with Gasteiger partial charge in [0.2, 0.25) is 0 Å². The van der Waals surface area contributed by atoms with E-state index in [9.17, 15) is 9.59 Å². The lowest BCUT2D eigenvalue weighted by molar-refractivity contribution is -0.117. The summed E-state index contributed by atoms with van der Waals surface area (Å²) < 4.78 is 0. The van der Waals surface area contributed by atoms with Crippen LogP contribution in [0.5, 0.6) is 0 Å². The lowest BCUT2D eigenvalue weighted by atomic mass is 9.98. The number of Topliss-reactive ketones (excluding diaryl/α,β-unsaturated/α-hetero) is 1. The second kappa shape index (κ2) is 10.4. The number of thiophene rings is 1. The molecule has 1 aliphatic heterocycles. The normalized spacial score (nSPS) is 13.6. The molecule has 166 valence electrons. The first kappa shape index (κ1) is 22.6. The number of fused-ring (bicyclic) bond motifs is 1. The Morgan fingerprint density at radius 2 is 1.97 bits per heavy atom. The maximum absolute atomic E-state index is 13.2. The highest BCUT2D eigenvalue weighted by atomic mass is 35.5. The Morgan fingerprint density at radius 3 is 2.69 bits per heavy atom. The van der Waals surface area contributed by atoms with Gasteiger partial charge < -0.3 is 5.32 Å². The molecule has 1 N–H and O–H groups in total. The summed E-state index contributed by atoms with van der Waals surface area (Å²) in [5.41, 5.74) is 3.69. The standard InChI is InChI=1S/C25H26ClN3O2S/c1-2-29-11-9-21-23(16-29)32-22(13-20(30)12-17-5-7-19(26)8-6-17)24(21)25(31)28-15-18-4-3-10-27-14-18/h3-8,10,14H,2,9,11-13,15-16H2,1H3,(H,28,31). The Kier molecular flexibility index (Phi) is 7.35. The fourth-order valence-corrected chi connectivity index (χ4v) is 5.57. The van der Waals surface area contributed by atoms with Crippen LogP contribution >= 0.6 is 22.9 Å². The summed E-state index contributed by atoms with van der Waals surface area (Å²) in [6.07, 6.45) is 4.89. The molecule has 0 saturated carbocycles. The van der Waals surface area contributed by atoms with Crippen molar-refractivity contribution in [1.29, 1.82) is 0 Å². The summed E-state index contributed by atoms with van der Waals surface area (Å²) in [7, 11) is 0. The van der Waals surface area contributed by atoms with Crippen LogP contribution in [0.15, 0.2) is 48.8 Å². The van der Waals surface area contributed by atoms with Crippen LogP contribution in [-0.4, -0.2) is 34.7 Å². The third kappa shape index (κ3) is 5.44. The number of hydrogen-bond donors (Lipinski definition) is 1. The van der Waals surface area contributed by atoms with Crippen LogP contribution in [0.2, 0.25) is 5.02 Å². The maximum Gasteiger partial charge on any atom is 0.252 e. The number of pyridine rings is 1. The minimum Gasteiger partial charge on any atom is -0.348 e. The topological polar surface area (TPSA) is 62.3 Å². The molecule has 5 nitrogen and oxygen atoms in total. The molecule has 1 aliphatic rings. The van der Waals surface area contributed by atoms with Crippen LogP contribution in [0.3, 0.4) is 0 Å². The van der Waals surface area contributed by atoms with Crippen molar-refractivity contribution in [3.05, 3.63) is 85.8 Å². The zero-order valence-corrected chi connectivity index (χ0v) is 19.6. The summed E-state index contributed by atoms with van der Waals surface area (Å²) in [6, 6.07) is 11.1. The monoisotopic (exact) mass is 467 g/mol. The van der Waals surface area contributed by atoms with Crippen molar-refractivity contribution in [3.8, 4) is 0 Å². The molecule has 3 heterocycles. The van der Waals surface area contributed by atoms with Crippen LogP contribution in [-0.2, 0) is 37.1 Å². The highest BCUT2D eigenvalue weighted by Gasteiger charge is 2.28. The van der Waals surface area contributed by atoms with Gasteiger partial charge in [-0.1, -0.05) is 36.7 Å². The number of rotatable bonds is 8. The van der Waals surface area contributed by atoms with Gasteiger partial charge >= 0.3 is 0 Å². The Balaban J connectivity index is 1.54. The summed E-state index contributed by atoms with van der Waals surface area (Å²) in [5.74, 6) is -0.00910. The van der Waals surface area contributed by atoms with Gasteiger partial charge in [-0.15, -0.1) is 11.3 Å². The van der Waals surface area contributed by atoms with Crippen LogP contribution in [0.1, 0.15) is 43.7 Å². The Labute approximate surface area is 197 Å². The van der Waals surface area contributed by atoms with Gasteiger partial charge in [0, 0.05) is 59.6 Å². The zero-order valence-electron chi connectivity index (χ0n) is 18.1. The van der Waals surface area contributed by atoms with E-state index in [2.05, 4.69) is 22.1 Å². The highest BCUT2D eigenvalue weighted by Crippen LogP contribution is 2.34. The summed E-state index contributed by atoms with van der Waals surface area (Å²) in [6.45, 7) is 5.31. The number of hydrogen-bond acceptors (Lipinski definition) is 5. The molecule has 2 aromatic heterocycles. The number of carbonyl (C=O) groups is 2. The smallest absolute Gasteiger partial charge is 0.252 e. The van der Waals surface area contributed by atoms with Crippen molar-refractivity contribution >= 4 is 34.6 Å². The zero-order chi connectivity index (χ0) is 22.5. The molecule has 0 bridgehead atoms. The Morgan fingerprint density at radius 1 is 1.16 bits per heavy atom. The first-order chi connectivity index (χ1) is 15.5. The van der Waals surface area contributed by atoms with E-state index in [4.69, 9.17) is 11.6 Å². The number of ketones is 1. The van der Waals surface area contributed by atoms with E-state index < -0.39 is 0 Å². The van der Waals surface area contributed by atoms with Gasteiger partial charge in [-0.2, -0.15) is 0 Å². The van der Waals surface area contributed by atoms with E-state index in [1.807, 2.05) is 24.3 Å². The second-order valence-corrected chi connectivity index (χ2v) is 9.61. The number of benzene rings is 1. The molecule has 0 radical (unpaired) electrons. The van der Waals surface area contributed by atoms with Gasteiger partial charge in [0.15, 0.2) is 0 Å². The summed E-state index contributed by atoms with van der Waals surface area (Å²) >= 11 is 7.57. The molecule has 0 spiro atoms. The lowest BCUT2D eigenvalue weighted by Gasteiger charge is -2.25. The maximum atomic E-state index is 13.2. The number of amides is 1. The van der Waals surface area contributed by atoms with Gasteiger partial charge in [0.05, 0.1) is 5.56 Å². The van der Waals surface area contributed by atoms with E-state index >= 15 is 0 Å². The molecule has 0 fully saturated rings. The number of likely N-dealkylation sites (N-methyl/N-ethyl adjacent to an activating group) is 1. The third-order valence-corrected chi connectivity index (χ3v) is 7.20. The molecule has 4 rings (SSSR count). The van der Waals surface area contributed by atoms with E-state index in [1.165, 1.54) is 4.88 Å². The molecule has 0 aliphatic carbocycles. The molecule has 1 aromatic carbocycles. The van der Waals surface area contributed by atoms with E-state index in [0.29, 0.717) is 23.6 Å². The average molecular weight is 468 g/mol. The molecule has 0 unspecified atom stereocenters. The number of nitrogens with one attached hydrogen (secondary N) is 1. The van der Waals surface area contributed by atoms with Gasteiger partial charge in [-0.3, -0.25) is 19.5 Å². The second-order valence-electron chi connectivity index (χ2n) is 7.98. The van der Waals surface area contributed by atoms with Crippen LogP contribution < -0.4 is 5.32 Å². The van der Waals surface area contributed by atoms with Crippen molar-refractivity contribution in [2.45, 2.75) is 39.3 Å². The average Bonchev–Trinajstić information content (AvgIpc) is 3.16. The largest absolute Gasteiger partial charge is 0.348 e. The molecule has 1 amide bonds. The SMILES string of the molecule is CCN1CCc2c(sc(CC(=O)Cc3ccc(Cl)cc3)c2C(=O)NCc2cccnc2)C1. The van der Waals surface area contributed by atoms with Gasteiger partial charge in [0.1, 0.15) is 5.78 Å². The first-order valence-corrected chi connectivity index (χ1v) is 12.0. The predicted molar refractivity (Wildman–Crippen MR) is 128 cm³/mol. The van der Waals surface area contributed by atoms with Crippen molar-refractivity contribution < 1.29 is 9.59 Å². The molecular weight excluding hydrogens is 442 g/mol. The molecule has 3 aromatic rings. The third-order valence-electron chi connectivity index (χ3n) is 5.73. The van der Waals surface area contributed by atoms with Gasteiger partial charge in [-0.05, 0) is 47.9 Å². The number of carbonyl (C=O) groups excluding carboxylic acids is 2. The van der Waals surface area contributed by atoms with Crippen molar-refractivity contribution in [3.63, 3.8) is 0 Å². The predicted octanol–water partition coefficient (Wildman–Crippen LogP) is 4.46. The fraction of sp³-hybridized carbons (Fsp3) is 0.320. The van der Waals surface area contributed by atoms with Crippen molar-refractivity contribution in [2.75, 3.05) is 13.1 Å². The molecule has 7 heteroatoms. The quantitative estimate of drug-likeness (QED) is 0.531. The van der Waals surface area contributed by atoms with Crippen LogP contribution in [0.4, 0.5) is 0 Å². The van der Waals surface area contributed by atoms with Crippen molar-refractivity contribution in [1.82, 2.24) is 15.2 Å². The van der Waals surface area contributed by atoms with Gasteiger partial charge in [0.25, 0.3) is 5.91 Å². The minimum absolute atomic E-state index is 0.0968. The summed E-state index contributed by atoms with van der Waals surface area (Å²) in [5, 5.41) is 3.69. The number of aromatic nitrogens is 1. The number of nitrogens with zero attached hydrogens (tertiary/aromatic N) is 2. The highest BCUT2D eigenvalue weighted by molar-refractivity contribution is 7.12. The Hall–Kier alpha value is -2.54. The van der Waals surface area contributed by atoms with Crippen LogP contribution in [0, 0.1) is 0 Å². The first-order valence-electron chi connectivity index (χ1n) is 10.8. The van der Waals surface area contributed by atoms with Crippen LogP contribution in [0.25, 0.3) is 0 Å². The van der Waals surface area contributed by atoms with Gasteiger partial charge in [-0.25, -0.2) is 0 Å². The Bertz CT molecular complexity index is 1100. The lowest BCUT2D eigenvalue weighted by Crippen LogP contribution is -2.31. The molecular formula is C25H26ClN3O2S. The van der Waals surface area contributed by atoms with E-state index in [0.717, 1.165) is 47.6 Å². The number of halogens is 1. The van der Waals surface area contributed by atoms with E-state index in [1.54, 1.807) is 35.9 Å².